The van der Waals surface area contributed by atoms with Gasteiger partial charge < -0.3 is 4.74 Å². The van der Waals surface area contributed by atoms with Gasteiger partial charge in [0.15, 0.2) is 0 Å². The van der Waals surface area contributed by atoms with Crippen LogP contribution >= 0.6 is 0 Å². The van der Waals surface area contributed by atoms with E-state index >= 15 is 0 Å². The average Bonchev–Trinajstić information content (AvgIpc) is 3.67. The van der Waals surface area contributed by atoms with E-state index in [1.807, 2.05) is 17.1 Å². The molecule has 4 aromatic carbocycles. The molecule has 0 spiro atoms. The molecule has 0 saturated carbocycles. The summed E-state index contributed by atoms with van der Waals surface area (Å²) in [6.07, 6.45) is 7.10. The number of nitrogens with zero attached hydrogens (tertiary/aromatic N) is 4. The summed E-state index contributed by atoms with van der Waals surface area (Å²) in [5.41, 5.74) is 12.0. The topological polar surface area (TPSA) is 44.9 Å². The SMILES string of the molecule is Cc1cc(Oc2ccc3c4ccccc4n(-c4cc(CC(C)C)ccn4)c3c2)cc(-n2cc(-c3c(C(C)C)cc(C)cc3C(C)C)cn2)c1. The number of rotatable bonds is 9. The second-order valence-electron chi connectivity index (χ2n) is 14.6. The van der Waals surface area contributed by atoms with E-state index in [2.05, 4.69) is 151 Å². The average molecular weight is 647 g/mol. The van der Waals surface area contributed by atoms with Gasteiger partial charge in [-0.1, -0.05) is 77.4 Å². The molecule has 0 saturated heterocycles. The number of aromatic nitrogens is 4. The molecule has 49 heavy (non-hydrogen) atoms. The standard InChI is InChI=1S/C44H46N4O/c1-27(2)17-32-15-16-45-43(22-32)48-41-12-10-9-11-37(41)38-14-13-35(24-42(38)48)49-36-19-30(7)18-34(23-36)47-26-33(25-46-47)44-39(28(3)4)20-31(8)21-40(44)29(5)6/h9-16,18-29H,17H2,1-8H3. The Balaban J connectivity index is 1.27. The lowest BCUT2D eigenvalue weighted by Gasteiger charge is -2.20. The highest BCUT2D eigenvalue weighted by Gasteiger charge is 2.19. The van der Waals surface area contributed by atoms with Gasteiger partial charge in [0.2, 0.25) is 0 Å². The van der Waals surface area contributed by atoms with Crippen molar-refractivity contribution in [1.82, 2.24) is 19.3 Å². The summed E-state index contributed by atoms with van der Waals surface area (Å²) in [6, 6.07) is 30.2. The van der Waals surface area contributed by atoms with Crippen LogP contribution in [0.4, 0.5) is 0 Å². The molecule has 3 heterocycles. The maximum absolute atomic E-state index is 6.62. The van der Waals surface area contributed by atoms with Crippen LogP contribution in [0.5, 0.6) is 11.5 Å². The monoisotopic (exact) mass is 646 g/mol. The molecule has 3 aromatic heterocycles. The van der Waals surface area contributed by atoms with Crippen LogP contribution in [0.25, 0.3) is 44.4 Å². The zero-order chi connectivity index (χ0) is 34.4. The number of benzene rings is 4. The molecule has 5 nitrogen and oxygen atoms in total. The van der Waals surface area contributed by atoms with E-state index in [4.69, 9.17) is 14.8 Å². The minimum absolute atomic E-state index is 0.408. The molecular weight excluding hydrogens is 601 g/mol. The summed E-state index contributed by atoms with van der Waals surface area (Å²) in [7, 11) is 0. The van der Waals surface area contributed by atoms with Crippen LogP contribution in [0.1, 0.15) is 81.2 Å². The molecule has 0 aliphatic carbocycles. The van der Waals surface area contributed by atoms with Gasteiger partial charge in [-0.2, -0.15) is 5.10 Å². The summed E-state index contributed by atoms with van der Waals surface area (Å²) in [5.74, 6) is 3.85. The molecule has 0 atom stereocenters. The van der Waals surface area contributed by atoms with E-state index in [0.717, 1.165) is 51.6 Å². The summed E-state index contributed by atoms with van der Waals surface area (Å²) in [4.78, 5) is 4.83. The quantitative estimate of drug-likeness (QED) is 0.157. The number of ether oxygens (including phenoxy) is 1. The minimum Gasteiger partial charge on any atom is -0.457 e. The zero-order valence-corrected chi connectivity index (χ0v) is 30.0. The summed E-state index contributed by atoms with van der Waals surface area (Å²) >= 11 is 0. The Hall–Kier alpha value is -5.16. The predicted octanol–water partition coefficient (Wildman–Crippen LogP) is 11.9. The molecular formula is C44H46N4O. The number of para-hydroxylation sites is 1. The first-order valence-electron chi connectivity index (χ1n) is 17.5. The lowest BCUT2D eigenvalue weighted by atomic mass is 9.84. The summed E-state index contributed by atoms with van der Waals surface area (Å²) < 4.78 is 10.9. The van der Waals surface area contributed by atoms with Crippen LogP contribution in [0.2, 0.25) is 0 Å². The van der Waals surface area contributed by atoms with Crippen LogP contribution in [-0.2, 0) is 6.42 Å². The van der Waals surface area contributed by atoms with Gasteiger partial charge in [0.05, 0.1) is 22.9 Å². The second-order valence-corrected chi connectivity index (χ2v) is 14.6. The van der Waals surface area contributed by atoms with Gasteiger partial charge in [0.1, 0.15) is 17.3 Å². The van der Waals surface area contributed by atoms with Crippen LogP contribution < -0.4 is 4.74 Å². The van der Waals surface area contributed by atoms with Crippen LogP contribution in [-0.4, -0.2) is 19.3 Å². The van der Waals surface area contributed by atoms with Gasteiger partial charge in [-0.15, -0.1) is 0 Å². The smallest absolute Gasteiger partial charge is 0.137 e. The van der Waals surface area contributed by atoms with Crippen molar-refractivity contribution in [3.05, 3.63) is 131 Å². The third-order valence-corrected chi connectivity index (χ3v) is 9.32. The van der Waals surface area contributed by atoms with Crippen molar-refractivity contribution in [3.8, 4) is 34.1 Å². The largest absolute Gasteiger partial charge is 0.457 e. The van der Waals surface area contributed by atoms with E-state index in [1.54, 1.807) is 0 Å². The first-order chi connectivity index (χ1) is 23.5. The van der Waals surface area contributed by atoms with E-state index in [9.17, 15) is 0 Å². The fraction of sp³-hybridized carbons (Fsp3) is 0.273. The van der Waals surface area contributed by atoms with Crippen molar-refractivity contribution in [1.29, 1.82) is 0 Å². The lowest BCUT2D eigenvalue weighted by molar-refractivity contribution is 0.482. The first kappa shape index (κ1) is 32.4. The highest BCUT2D eigenvalue weighted by atomic mass is 16.5. The van der Waals surface area contributed by atoms with Gasteiger partial charge in [-0.05, 0) is 108 Å². The van der Waals surface area contributed by atoms with Gasteiger partial charge >= 0.3 is 0 Å². The Bertz CT molecular complexity index is 2270. The number of pyridine rings is 1. The molecule has 0 unspecified atom stereocenters. The molecule has 7 aromatic rings. The number of fused-ring (bicyclic) bond motifs is 3. The highest BCUT2D eigenvalue weighted by Crippen LogP contribution is 2.38. The van der Waals surface area contributed by atoms with Gasteiger partial charge in [-0.25, -0.2) is 9.67 Å². The van der Waals surface area contributed by atoms with Crippen molar-refractivity contribution in [2.75, 3.05) is 0 Å². The first-order valence-corrected chi connectivity index (χ1v) is 17.5. The maximum atomic E-state index is 6.62. The fourth-order valence-electron chi connectivity index (χ4n) is 7.18. The molecule has 0 fully saturated rings. The molecule has 0 aliphatic rings. The van der Waals surface area contributed by atoms with E-state index in [-0.39, 0.29) is 0 Å². The Kier molecular flexibility index (Phi) is 8.62. The molecule has 0 radical (unpaired) electrons. The molecule has 0 amide bonds. The van der Waals surface area contributed by atoms with Gasteiger partial charge in [0.25, 0.3) is 0 Å². The number of hydrogen-bond acceptors (Lipinski definition) is 3. The zero-order valence-electron chi connectivity index (χ0n) is 30.0. The van der Waals surface area contributed by atoms with E-state index in [0.29, 0.717) is 17.8 Å². The van der Waals surface area contributed by atoms with Crippen LogP contribution in [0.15, 0.2) is 104 Å². The van der Waals surface area contributed by atoms with Crippen LogP contribution in [0.3, 0.4) is 0 Å². The Morgan fingerprint density at radius 2 is 1.41 bits per heavy atom. The minimum atomic E-state index is 0.408. The Morgan fingerprint density at radius 1 is 0.694 bits per heavy atom. The predicted molar refractivity (Wildman–Crippen MR) is 204 cm³/mol. The van der Waals surface area contributed by atoms with Crippen molar-refractivity contribution >= 4 is 21.8 Å². The molecule has 0 bridgehead atoms. The van der Waals surface area contributed by atoms with E-state index < -0.39 is 0 Å². The van der Waals surface area contributed by atoms with Crippen molar-refractivity contribution in [2.24, 2.45) is 5.92 Å². The second kappa shape index (κ2) is 13.0. The van der Waals surface area contributed by atoms with Crippen molar-refractivity contribution < 1.29 is 4.74 Å². The third-order valence-electron chi connectivity index (χ3n) is 9.32. The van der Waals surface area contributed by atoms with Crippen molar-refractivity contribution in [3.63, 3.8) is 0 Å². The molecule has 0 N–H and O–H groups in total. The molecule has 0 aliphatic heterocycles. The highest BCUT2D eigenvalue weighted by molar-refractivity contribution is 6.09. The molecule has 248 valence electrons. The summed E-state index contributed by atoms with van der Waals surface area (Å²) in [6.45, 7) is 17.9. The summed E-state index contributed by atoms with van der Waals surface area (Å²) in [5, 5.41) is 7.23. The normalized spacial score (nSPS) is 11.9. The Morgan fingerprint density at radius 3 is 2.14 bits per heavy atom. The Labute approximate surface area is 290 Å². The third kappa shape index (κ3) is 6.38. The molecule has 7 rings (SSSR count). The van der Waals surface area contributed by atoms with Gasteiger partial charge in [-0.3, -0.25) is 4.57 Å². The number of aryl methyl sites for hydroxylation is 2. The molecule has 5 heteroatoms. The van der Waals surface area contributed by atoms with Gasteiger partial charge in [0, 0.05) is 40.9 Å². The maximum Gasteiger partial charge on any atom is 0.137 e. The lowest BCUT2D eigenvalue weighted by Crippen LogP contribution is -2.01. The number of hydrogen-bond donors (Lipinski definition) is 0. The van der Waals surface area contributed by atoms with Crippen molar-refractivity contribution in [2.45, 2.75) is 73.6 Å². The van der Waals surface area contributed by atoms with E-state index in [1.165, 1.54) is 38.6 Å². The fourth-order valence-corrected chi connectivity index (χ4v) is 7.18. The van der Waals surface area contributed by atoms with Crippen LogP contribution in [0, 0.1) is 19.8 Å².